The number of hydrogen-bond acceptors (Lipinski definition) is 2. The van der Waals surface area contributed by atoms with E-state index in [-0.39, 0.29) is 12.2 Å². The minimum absolute atomic E-state index is 0.000603. The Morgan fingerprint density at radius 3 is 2.60 bits per heavy atom. The Labute approximate surface area is 124 Å². The lowest BCUT2D eigenvalue weighted by Crippen LogP contribution is -2.02. The van der Waals surface area contributed by atoms with E-state index in [9.17, 15) is 9.18 Å². The summed E-state index contributed by atoms with van der Waals surface area (Å²) < 4.78 is 18.7. The molecular formula is C14H9Cl2FO3. The fraction of sp³-hybridized carbons (Fsp3) is 0.0714. The minimum Gasteiger partial charge on any atom is -0.487 e. The van der Waals surface area contributed by atoms with Gasteiger partial charge in [0, 0.05) is 5.02 Å². The molecule has 0 aliphatic rings. The van der Waals surface area contributed by atoms with E-state index in [2.05, 4.69) is 0 Å². The number of aromatic carboxylic acids is 1. The molecule has 0 radical (unpaired) electrons. The van der Waals surface area contributed by atoms with Crippen molar-refractivity contribution in [2.75, 3.05) is 0 Å². The van der Waals surface area contributed by atoms with Crippen LogP contribution in [0.1, 0.15) is 15.9 Å². The fourth-order valence-corrected chi connectivity index (χ4v) is 2.07. The van der Waals surface area contributed by atoms with Crippen molar-refractivity contribution in [3.05, 3.63) is 63.4 Å². The summed E-state index contributed by atoms with van der Waals surface area (Å²) in [5, 5.41) is 9.65. The third-order valence-corrected chi connectivity index (χ3v) is 3.02. The summed E-state index contributed by atoms with van der Waals surface area (Å²) in [7, 11) is 0. The van der Waals surface area contributed by atoms with Gasteiger partial charge in [-0.3, -0.25) is 0 Å². The molecule has 0 bridgehead atoms. The average Bonchev–Trinajstić information content (AvgIpc) is 2.37. The van der Waals surface area contributed by atoms with Gasteiger partial charge in [0.15, 0.2) is 0 Å². The van der Waals surface area contributed by atoms with Crippen LogP contribution in [0.25, 0.3) is 0 Å². The topological polar surface area (TPSA) is 46.5 Å². The Hall–Kier alpha value is -1.78. The molecular weight excluding hydrogens is 306 g/mol. The SMILES string of the molecule is O=C(O)c1cc(F)cc(COc2ccc(Cl)cc2Cl)c1. The number of rotatable bonds is 4. The Bertz CT molecular complexity index is 659. The van der Waals surface area contributed by atoms with E-state index in [4.69, 9.17) is 33.0 Å². The van der Waals surface area contributed by atoms with Crippen molar-refractivity contribution in [1.29, 1.82) is 0 Å². The number of halogens is 3. The molecule has 0 aromatic heterocycles. The first-order chi connectivity index (χ1) is 9.45. The molecule has 104 valence electrons. The van der Waals surface area contributed by atoms with Crippen molar-refractivity contribution in [1.82, 2.24) is 0 Å². The van der Waals surface area contributed by atoms with Gasteiger partial charge in [-0.05, 0) is 42.0 Å². The summed E-state index contributed by atoms with van der Waals surface area (Å²) in [6.45, 7) is -0.000603. The number of carboxylic acid groups (broad SMARTS) is 1. The Balaban J connectivity index is 2.16. The van der Waals surface area contributed by atoms with Gasteiger partial charge in [0.05, 0.1) is 10.6 Å². The molecule has 0 saturated carbocycles. The van der Waals surface area contributed by atoms with E-state index in [1.807, 2.05) is 0 Å². The van der Waals surface area contributed by atoms with Crippen LogP contribution < -0.4 is 4.74 Å². The second kappa shape index (κ2) is 6.11. The van der Waals surface area contributed by atoms with Gasteiger partial charge >= 0.3 is 5.97 Å². The molecule has 1 N–H and O–H groups in total. The lowest BCUT2D eigenvalue weighted by atomic mass is 10.1. The van der Waals surface area contributed by atoms with Crippen molar-refractivity contribution in [2.45, 2.75) is 6.61 Å². The zero-order valence-electron chi connectivity index (χ0n) is 10.1. The summed E-state index contributed by atoms with van der Waals surface area (Å²) in [6.07, 6.45) is 0. The van der Waals surface area contributed by atoms with Gasteiger partial charge in [-0.1, -0.05) is 23.2 Å². The van der Waals surface area contributed by atoms with Gasteiger partial charge in [-0.2, -0.15) is 0 Å². The summed E-state index contributed by atoms with van der Waals surface area (Å²) in [6, 6.07) is 8.21. The largest absolute Gasteiger partial charge is 0.487 e. The van der Waals surface area contributed by atoms with E-state index in [0.717, 1.165) is 6.07 Å². The molecule has 0 aliphatic carbocycles. The van der Waals surface area contributed by atoms with E-state index < -0.39 is 11.8 Å². The molecule has 0 fully saturated rings. The molecule has 20 heavy (non-hydrogen) atoms. The van der Waals surface area contributed by atoms with Crippen LogP contribution in [0.2, 0.25) is 10.0 Å². The normalized spacial score (nSPS) is 10.3. The van der Waals surface area contributed by atoms with Crippen LogP contribution in [-0.4, -0.2) is 11.1 Å². The summed E-state index contributed by atoms with van der Waals surface area (Å²) >= 11 is 11.7. The minimum atomic E-state index is -1.20. The van der Waals surface area contributed by atoms with Crippen molar-refractivity contribution in [3.63, 3.8) is 0 Å². The van der Waals surface area contributed by atoms with Crippen LogP contribution in [0.5, 0.6) is 5.75 Å². The van der Waals surface area contributed by atoms with E-state index in [1.54, 1.807) is 12.1 Å². The van der Waals surface area contributed by atoms with Gasteiger partial charge in [0.1, 0.15) is 18.2 Å². The molecule has 0 heterocycles. The molecule has 0 atom stereocenters. The number of benzene rings is 2. The molecule has 0 spiro atoms. The molecule has 0 aliphatic heterocycles. The first-order valence-corrected chi connectivity index (χ1v) is 6.32. The molecule has 3 nitrogen and oxygen atoms in total. The first kappa shape index (κ1) is 14.6. The molecule has 2 aromatic carbocycles. The standard InChI is InChI=1S/C14H9Cl2FO3/c15-10-1-2-13(12(16)6-10)20-7-8-3-9(14(18)19)5-11(17)4-8/h1-6H,7H2,(H,18,19). The maximum atomic E-state index is 13.3. The summed E-state index contributed by atoms with van der Waals surface area (Å²) in [5.41, 5.74) is 0.263. The van der Waals surface area contributed by atoms with Crippen LogP contribution in [0, 0.1) is 5.82 Å². The smallest absolute Gasteiger partial charge is 0.335 e. The van der Waals surface area contributed by atoms with Crippen LogP contribution in [0.4, 0.5) is 4.39 Å². The van der Waals surface area contributed by atoms with Crippen LogP contribution in [-0.2, 0) is 6.61 Å². The van der Waals surface area contributed by atoms with Crippen LogP contribution in [0.3, 0.4) is 0 Å². The predicted molar refractivity (Wildman–Crippen MR) is 74.2 cm³/mol. The lowest BCUT2D eigenvalue weighted by molar-refractivity contribution is 0.0696. The highest BCUT2D eigenvalue weighted by atomic mass is 35.5. The number of carbonyl (C=O) groups is 1. The average molecular weight is 315 g/mol. The second-order valence-corrected chi connectivity index (χ2v) is 4.86. The third kappa shape index (κ3) is 3.62. The molecule has 0 amide bonds. The molecule has 6 heteroatoms. The quantitative estimate of drug-likeness (QED) is 0.909. The second-order valence-electron chi connectivity index (χ2n) is 4.02. The number of ether oxygens (including phenoxy) is 1. The number of carboxylic acids is 1. The van der Waals surface area contributed by atoms with E-state index >= 15 is 0 Å². The van der Waals surface area contributed by atoms with Crippen LogP contribution >= 0.6 is 23.2 Å². The predicted octanol–water partition coefficient (Wildman–Crippen LogP) is 4.41. The van der Waals surface area contributed by atoms with Gasteiger partial charge in [-0.15, -0.1) is 0 Å². The number of hydrogen-bond donors (Lipinski definition) is 1. The lowest BCUT2D eigenvalue weighted by Gasteiger charge is -2.09. The molecule has 2 aromatic rings. The zero-order chi connectivity index (χ0) is 14.7. The maximum Gasteiger partial charge on any atom is 0.335 e. The zero-order valence-corrected chi connectivity index (χ0v) is 11.6. The highest BCUT2D eigenvalue weighted by Gasteiger charge is 2.08. The highest BCUT2D eigenvalue weighted by Crippen LogP contribution is 2.28. The van der Waals surface area contributed by atoms with Gasteiger partial charge in [0.2, 0.25) is 0 Å². The monoisotopic (exact) mass is 314 g/mol. The van der Waals surface area contributed by atoms with E-state index in [0.29, 0.717) is 21.4 Å². The van der Waals surface area contributed by atoms with Gasteiger partial charge < -0.3 is 9.84 Å². The molecule has 2 rings (SSSR count). The first-order valence-electron chi connectivity index (χ1n) is 5.56. The Morgan fingerprint density at radius 2 is 1.95 bits per heavy atom. The van der Waals surface area contributed by atoms with E-state index in [1.165, 1.54) is 18.2 Å². The van der Waals surface area contributed by atoms with Crippen molar-refractivity contribution < 1.29 is 19.0 Å². The Kier molecular flexibility index (Phi) is 4.47. The molecule has 0 saturated heterocycles. The fourth-order valence-electron chi connectivity index (χ4n) is 1.61. The molecule has 0 unspecified atom stereocenters. The van der Waals surface area contributed by atoms with Crippen molar-refractivity contribution >= 4 is 29.2 Å². The summed E-state index contributed by atoms with van der Waals surface area (Å²) in [5.74, 6) is -1.45. The summed E-state index contributed by atoms with van der Waals surface area (Å²) in [4.78, 5) is 10.8. The highest BCUT2D eigenvalue weighted by molar-refractivity contribution is 6.35. The Morgan fingerprint density at radius 1 is 1.20 bits per heavy atom. The van der Waals surface area contributed by atoms with Crippen molar-refractivity contribution in [2.24, 2.45) is 0 Å². The van der Waals surface area contributed by atoms with Gasteiger partial charge in [0.25, 0.3) is 0 Å². The van der Waals surface area contributed by atoms with Gasteiger partial charge in [-0.25, -0.2) is 9.18 Å². The van der Waals surface area contributed by atoms with Crippen LogP contribution in [0.15, 0.2) is 36.4 Å². The third-order valence-electron chi connectivity index (χ3n) is 2.49. The maximum absolute atomic E-state index is 13.3. The van der Waals surface area contributed by atoms with Crippen molar-refractivity contribution in [3.8, 4) is 5.75 Å².